The molecule has 0 spiro atoms. The van der Waals surface area contributed by atoms with Gasteiger partial charge in [-0.3, -0.25) is 14.4 Å². The lowest BCUT2D eigenvalue weighted by Crippen LogP contribution is -2.42. The van der Waals surface area contributed by atoms with Gasteiger partial charge >= 0.3 is 23.9 Å². The standard InChI is InChI=1S/C6H8O7.C2H4N2O2/c7-3(8)1-6(13,5(11)12)2-4(9)10;3-4-1-2(5)6/h13H,1-2H2,(H,7,8)(H,9,10)(H,11,12);3H,1H2,(H,5,6). The summed E-state index contributed by atoms with van der Waals surface area (Å²) in [6.45, 7) is -0.417. The second-order valence-corrected chi connectivity index (χ2v) is 3.19. The van der Waals surface area contributed by atoms with Crippen LogP contribution in [0.3, 0.4) is 0 Å². The molecule has 0 radical (unpaired) electrons. The Labute approximate surface area is 105 Å². The molecular weight excluding hydrogens is 268 g/mol. The highest BCUT2D eigenvalue weighted by Gasteiger charge is 2.40. The summed E-state index contributed by atoms with van der Waals surface area (Å²) in [6, 6.07) is 0. The number of aliphatic carboxylic acids is 4. The molecule has 0 aliphatic carbocycles. The Hall–Kier alpha value is -2.56. The van der Waals surface area contributed by atoms with Gasteiger partial charge in [0.05, 0.1) is 12.8 Å². The van der Waals surface area contributed by atoms with Gasteiger partial charge in [-0.15, -0.1) is 0 Å². The van der Waals surface area contributed by atoms with Gasteiger partial charge in [-0.05, 0) is 0 Å². The van der Waals surface area contributed by atoms with Crippen molar-refractivity contribution in [2.24, 2.45) is 5.11 Å². The molecule has 0 saturated carbocycles. The minimum Gasteiger partial charge on any atom is -0.481 e. The van der Waals surface area contributed by atoms with Crippen LogP contribution in [0.5, 0.6) is 0 Å². The molecule has 6 N–H and O–H groups in total. The quantitative estimate of drug-likeness (QED) is 0.311. The summed E-state index contributed by atoms with van der Waals surface area (Å²) in [4.78, 5) is 39.9. The van der Waals surface area contributed by atoms with Crippen LogP contribution in [-0.2, 0) is 19.2 Å². The summed E-state index contributed by atoms with van der Waals surface area (Å²) >= 11 is 0. The smallest absolute Gasteiger partial charge is 0.336 e. The number of carbonyl (C=O) groups is 4. The molecule has 108 valence electrons. The monoisotopic (exact) mass is 280 g/mol. The van der Waals surface area contributed by atoms with Gasteiger partial charge in [0, 0.05) is 0 Å². The van der Waals surface area contributed by atoms with Gasteiger partial charge in [0.2, 0.25) is 0 Å². The number of nitrogens with one attached hydrogen (secondary N) is 1. The first-order valence-electron chi connectivity index (χ1n) is 4.49. The van der Waals surface area contributed by atoms with Crippen LogP contribution < -0.4 is 0 Å². The average molecular weight is 280 g/mol. The van der Waals surface area contributed by atoms with E-state index < -0.39 is 48.9 Å². The van der Waals surface area contributed by atoms with Crippen LogP contribution >= 0.6 is 0 Å². The maximum absolute atomic E-state index is 10.3. The third-order valence-electron chi connectivity index (χ3n) is 1.50. The lowest BCUT2D eigenvalue weighted by atomic mass is 9.96. The largest absolute Gasteiger partial charge is 0.481 e. The molecule has 0 bridgehead atoms. The van der Waals surface area contributed by atoms with Crippen molar-refractivity contribution in [3.05, 3.63) is 0 Å². The van der Waals surface area contributed by atoms with Crippen LogP contribution in [-0.4, -0.2) is 61.6 Å². The van der Waals surface area contributed by atoms with Crippen molar-refractivity contribution in [1.29, 1.82) is 5.53 Å². The fourth-order valence-corrected chi connectivity index (χ4v) is 0.782. The van der Waals surface area contributed by atoms with E-state index in [1.165, 1.54) is 0 Å². The normalized spacial score (nSPS) is 9.74. The zero-order chi connectivity index (χ0) is 15.6. The molecule has 0 atom stereocenters. The summed E-state index contributed by atoms with van der Waals surface area (Å²) in [5.41, 5.74) is 3.24. The molecule has 11 heteroatoms. The van der Waals surface area contributed by atoms with Crippen molar-refractivity contribution < 1.29 is 44.7 Å². The summed E-state index contributed by atoms with van der Waals surface area (Å²) < 4.78 is 0. The molecule has 0 fully saturated rings. The third kappa shape index (κ3) is 10.3. The van der Waals surface area contributed by atoms with Crippen molar-refractivity contribution >= 4 is 23.9 Å². The highest BCUT2D eigenvalue weighted by molar-refractivity contribution is 5.88. The van der Waals surface area contributed by atoms with E-state index in [1.54, 1.807) is 0 Å². The third-order valence-corrected chi connectivity index (χ3v) is 1.50. The molecule has 19 heavy (non-hydrogen) atoms. The Morgan fingerprint density at radius 3 is 1.37 bits per heavy atom. The van der Waals surface area contributed by atoms with Crippen molar-refractivity contribution in [3.8, 4) is 0 Å². The van der Waals surface area contributed by atoms with E-state index in [9.17, 15) is 19.2 Å². The summed E-state index contributed by atoms with van der Waals surface area (Å²) in [7, 11) is 0. The van der Waals surface area contributed by atoms with Gasteiger partial charge in [-0.25, -0.2) is 10.3 Å². The minimum atomic E-state index is -2.74. The topological polar surface area (TPSA) is 206 Å². The average Bonchev–Trinajstić information content (AvgIpc) is 2.14. The molecule has 0 saturated heterocycles. The fraction of sp³-hybridized carbons (Fsp3) is 0.500. The maximum atomic E-state index is 10.3. The van der Waals surface area contributed by atoms with Crippen LogP contribution in [0.4, 0.5) is 0 Å². The first kappa shape index (κ1) is 18.8. The first-order chi connectivity index (χ1) is 8.55. The van der Waals surface area contributed by atoms with Gasteiger partial charge in [-0.1, -0.05) is 0 Å². The number of carboxylic acids is 4. The molecule has 0 unspecified atom stereocenters. The Kier molecular flexibility index (Phi) is 8.43. The predicted molar refractivity (Wildman–Crippen MR) is 54.7 cm³/mol. The van der Waals surface area contributed by atoms with Gasteiger partial charge in [0.25, 0.3) is 0 Å². The Morgan fingerprint density at radius 1 is 0.895 bits per heavy atom. The fourth-order valence-electron chi connectivity index (χ4n) is 0.782. The molecule has 0 aliphatic heterocycles. The first-order valence-corrected chi connectivity index (χ1v) is 4.49. The van der Waals surface area contributed by atoms with Crippen LogP contribution in [0, 0.1) is 5.53 Å². The van der Waals surface area contributed by atoms with Crippen molar-refractivity contribution in [3.63, 3.8) is 0 Å². The number of hydrogen-bond acceptors (Lipinski definition) is 7. The van der Waals surface area contributed by atoms with Gasteiger partial charge in [0.1, 0.15) is 0 Å². The highest BCUT2D eigenvalue weighted by Crippen LogP contribution is 2.15. The predicted octanol–water partition coefficient (Wildman–Crippen LogP) is -1.15. The van der Waals surface area contributed by atoms with Crippen LogP contribution in [0.2, 0.25) is 0 Å². The van der Waals surface area contributed by atoms with Crippen LogP contribution in [0.1, 0.15) is 12.8 Å². The summed E-state index contributed by atoms with van der Waals surface area (Å²) in [5.74, 6) is -6.08. The highest BCUT2D eigenvalue weighted by atomic mass is 16.4. The van der Waals surface area contributed by atoms with E-state index in [-0.39, 0.29) is 0 Å². The van der Waals surface area contributed by atoms with E-state index in [4.69, 9.17) is 31.1 Å². The minimum absolute atomic E-state index is 0.417. The van der Waals surface area contributed by atoms with E-state index in [2.05, 4.69) is 5.11 Å². The van der Waals surface area contributed by atoms with E-state index in [0.29, 0.717) is 0 Å². The maximum Gasteiger partial charge on any atom is 0.336 e. The summed E-state index contributed by atoms with van der Waals surface area (Å²) in [5, 5.41) is 44.1. The second-order valence-electron chi connectivity index (χ2n) is 3.19. The second kappa shape index (κ2) is 8.52. The number of carboxylic acid groups (broad SMARTS) is 4. The molecule has 0 aromatic rings. The zero-order valence-corrected chi connectivity index (χ0v) is 9.44. The molecular formula is C8H12N2O9. The number of aliphatic hydroxyl groups is 1. The van der Waals surface area contributed by atoms with E-state index in [0.717, 1.165) is 0 Å². The number of nitrogens with zero attached hydrogens (tertiary/aromatic N) is 1. The summed E-state index contributed by atoms with van der Waals surface area (Å²) in [6.07, 6.45) is -2.29. The van der Waals surface area contributed by atoms with E-state index >= 15 is 0 Å². The van der Waals surface area contributed by atoms with Crippen molar-refractivity contribution in [2.75, 3.05) is 6.54 Å². The number of hydrogen-bond donors (Lipinski definition) is 6. The lowest BCUT2D eigenvalue weighted by molar-refractivity contribution is -0.170. The molecule has 11 nitrogen and oxygen atoms in total. The van der Waals surface area contributed by atoms with Crippen molar-refractivity contribution in [2.45, 2.75) is 18.4 Å². The van der Waals surface area contributed by atoms with Crippen LogP contribution in [0.15, 0.2) is 5.11 Å². The van der Waals surface area contributed by atoms with Crippen LogP contribution in [0.25, 0.3) is 0 Å². The Morgan fingerprint density at radius 2 is 1.26 bits per heavy atom. The van der Waals surface area contributed by atoms with Gasteiger partial charge < -0.3 is 25.5 Å². The molecule has 0 rings (SSSR count). The molecule has 0 aromatic carbocycles. The molecule has 0 amide bonds. The van der Waals surface area contributed by atoms with Crippen molar-refractivity contribution in [1.82, 2.24) is 0 Å². The number of rotatable bonds is 7. The molecule has 0 heterocycles. The molecule has 0 aliphatic rings. The van der Waals surface area contributed by atoms with E-state index in [1.807, 2.05) is 0 Å². The Balaban J connectivity index is 0. The SMILES string of the molecule is N=NCC(=O)O.O=C(O)CC(O)(CC(=O)O)C(=O)O. The molecule has 0 aromatic heterocycles. The Bertz CT molecular complexity index is 362. The van der Waals surface area contributed by atoms with Gasteiger partial charge in [-0.2, -0.15) is 5.11 Å². The lowest BCUT2D eigenvalue weighted by Gasteiger charge is -2.18. The van der Waals surface area contributed by atoms with Gasteiger partial charge in [0.15, 0.2) is 12.1 Å². The zero-order valence-electron chi connectivity index (χ0n) is 9.44.